The van der Waals surface area contributed by atoms with Crippen molar-refractivity contribution in [2.24, 2.45) is 0 Å². The molecule has 19 heavy (non-hydrogen) atoms. The first-order valence-corrected chi connectivity index (χ1v) is 7.60. The van der Waals surface area contributed by atoms with Crippen LogP contribution < -0.4 is 5.32 Å². The fourth-order valence-corrected chi connectivity index (χ4v) is 3.41. The number of benzene rings is 1. The van der Waals surface area contributed by atoms with Gasteiger partial charge in [-0.05, 0) is 36.6 Å². The van der Waals surface area contributed by atoms with Gasteiger partial charge in [0.15, 0.2) is 0 Å². The Morgan fingerprint density at radius 3 is 3.05 bits per heavy atom. The summed E-state index contributed by atoms with van der Waals surface area (Å²) in [4.78, 5) is 17.4. The molecule has 0 saturated carbocycles. The highest BCUT2D eigenvalue weighted by Crippen LogP contribution is 2.24. The third-order valence-electron chi connectivity index (χ3n) is 2.69. The molecule has 0 saturated heterocycles. The van der Waals surface area contributed by atoms with Crippen LogP contribution in [0.3, 0.4) is 0 Å². The van der Waals surface area contributed by atoms with Gasteiger partial charge >= 0.3 is 0 Å². The van der Waals surface area contributed by atoms with Gasteiger partial charge in [0.2, 0.25) is 5.91 Å². The van der Waals surface area contributed by atoms with Gasteiger partial charge in [0.1, 0.15) is 0 Å². The molecule has 0 spiro atoms. The third-order valence-corrected chi connectivity index (χ3v) is 4.52. The highest BCUT2D eigenvalue weighted by atomic mass is 32.1. The minimum atomic E-state index is 0.00810. The van der Waals surface area contributed by atoms with Gasteiger partial charge in [-0.25, -0.2) is 4.98 Å². The van der Waals surface area contributed by atoms with Crippen molar-refractivity contribution in [3.05, 3.63) is 45.6 Å². The van der Waals surface area contributed by atoms with Gasteiger partial charge in [0, 0.05) is 10.6 Å². The number of hydrogen-bond donors (Lipinski definition) is 1. The molecule has 96 valence electrons. The van der Waals surface area contributed by atoms with Crippen LogP contribution in [0, 0.1) is 6.92 Å². The Bertz CT molecular complexity index is 716. The van der Waals surface area contributed by atoms with E-state index in [1.54, 1.807) is 22.7 Å². The lowest BCUT2D eigenvalue weighted by Crippen LogP contribution is -2.13. The predicted molar refractivity (Wildman–Crippen MR) is 81.0 cm³/mol. The highest BCUT2D eigenvalue weighted by Gasteiger charge is 2.06. The average molecular weight is 288 g/mol. The molecule has 0 fully saturated rings. The van der Waals surface area contributed by atoms with Crippen LogP contribution in [0.4, 0.5) is 5.69 Å². The van der Waals surface area contributed by atoms with Crippen molar-refractivity contribution in [1.82, 2.24) is 4.98 Å². The molecule has 0 aliphatic carbocycles. The monoisotopic (exact) mass is 288 g/mol. The molecule has 0 aliphatic rings. The van der Waals surface area contributed by atoms with Gasteiger partial charge in [-0.1, -0.05) is 6.07 Å². The number of hydrogen-bond acceptors (Lipinski definition) is 4. The summed E-state index contributed by atoms with van der Waals surface area (Å²) in [5.41, 5.74) is 1.75. The summed E-state index contributed by atoms with van der Waals surface area (Å²) in [6.45, 7) is 1.99. The molecule has 1 amide bonds. The Hall–Kier alpha value is -1.72. The van der Waals surface area contributed by atoms with Crippen LogP contribution in [0.1, 0.15) is 9.88 Å². The number of carbonyl (C=O) groups excluding carboxylic acids is 1. The van der Waals surface area contributed by atoms with E-state index in [2.05, 4.69) is 10.3 Å². The maximum absolute atomic E-state index is 11.9. The summed E-state index contributed by atoms with van der Waals surface area (Å²) >= 11 is 3.26. The van der Waals surface area contributed by atoms with Crippen molar-refractivity contribution in [2.75, 3.05) is 5.32 Å². The molecular formula is C14H12N2OS2. The zero-order valence-corrected chi connectivity index (χ0v) is 12.0. The molecule has 3 aromatic rings. The number of nitrogens with zero attached hydrogens (tertiary/aromatic N) is 1. The molecule has 3 nitrogen and oxygen atoms in total. The smallest absolute Gasteiger partial charge is 0.229 e. The van der Waals surface area contributed by atoms with Crippen LogP contribution >= 0.6 is 22.7 Å². The lowest BCUT2D eigenvalue weighted by Gasteiger charge is -2.03. The normalized spacial score (nSPS) is 10.8. The van der Waals surface area contributed by atoms with Crippen LogP contribution in [-0.2, 0) is 11.2 Å². The second-order valence-electron chi connectivity index (χ2n) is 4.22. The molecule has 5 heteroatoms. The van der Waals surface area contributed by atoms with Gasteiger partial charge in [0.05, 0.1) is 21.6 Å². The number of rotatable bonds is 3. The Labute approximate surface area is 118 Å². The molecule has 2 aromatic heterocycles. The number of thiazole rings is 1. The van der Waals surface area contributed by atoms with E-state index in [4.69, 9.17) is 0 Å². The Balaban J connectivity index is 1.75. The van der Waals surface area contributed by atoms with Crippen molar-refractivity contribution in [3.8, 4) is 0 Å². The molecule has 1 N–H and O–H groups in total. The molecule has 0 bridgehead atoms. The Morgan fingerprint density at radius 2 is 2.26 bits per heavy atom. The SMILES string of the molecule is Cc1nc2cc(NC(=O)Cc3cccs3)ccc2s1. The number of anilines is 1. The van der Waals surface area contributed by atoms with Gasteiger partial charge in [0.25, 0.3) is 0 Å². The fraction of sp³-hybridized carbons (Fsp3) is 0.143. The van der Waals surface area contributed by atoms with Crippen molar-refractivity contribution < 1.29 is 4.79 Å². The minimum Gasteiger partial charge on any atom is -0.326 e. The van der Waals surface area contributed by atoms with E-state index in [1.807, 2.05) is 42.6 Å². The molecular weight excluding hydrogens is 276 g/mol. The van der Waals surface area contributed by atoms with Gasteiger partial charge < -0.3 is 5.32 Å². The summed E-state index contributed by atoms with van der Waals surface area (Å²) in [5.74, 6) is 0.00810. The van der Waals surface area contributed by atoms with E-state index in [1.165, 1.54) is 0 Å². The lowest BCUT2D eigenvalue weighted by atomic mass is 10.2. The molecule has 1 aromatic carbocycles. The number of amides is 1. The van der Waals surface area contributed by atoms with E-state index in [9.17, 15) is 4.79 Å². The largest absolute Gasteiger partial charge is 0.326 e. The van der Waals surface area contributed by atoms with E-state index >= 15 is 0 Å². The Kier molecular flexibility index (Phi) is 3.31. The fourth-order valence-electron chi connectivity index (χ4n) is 1.90. The van der Waals surface area contributed by atoms with Crippen molar-refractivity contribution in [2.45, 2.75) is 13.3 Å². The van der Waals surface area contributed by atoms with Crippen LogP contribution in [0.15, 0.2) is 35.7 Å². The second kappa shape index (κ2) is 5.11. The van der Waals surface area contributed by atoms with E-state index in [0.717, 1.165) is 25.8 Å². The maximum Gasteiger partial charge on any atom is 0.229 e. The quantitative estimate of drug-likeness (QED) is 0.795. The number of nitrogens with one attached hydrogen (secondary N) is 1. The number of thiophene rings is 1. The van der Waals surface area contributed by atoms with Crippen LogP contribution in [0.5, 0.6) is 0 Å². The second-order valence-corrected chi connectivity index (χ2v) is 6.49. The van der Waals surface area contributed by atoms with Crippen molar-refractivity contribution >= 4 is 44.5 Å². The average Bonchev–Trinajstić information content (AvgIpc) is 2.96. The lowest BCUT2D eigenvalue weighted by molar-refractivity contribution is -0.115. The van der Waals surface area contributed by atoms with Crippen molar-refractivity contribution in [3.63, 3.8) is 0 Å². The molecule has 2 heterocycles. The summed E-state index contributed by atoms with van der Waals surface area (Å²) in [5, 5.41) is 5.93. The first-order valence-electron chi connectivity index (χ1n) is 5.90. The summed E-state index contributed by atoms with van der Waals surface area (Å²) in [7, 11) is 0. The van der Waals surface area contributed by atoms with Crippen LogP contribution in [-0.4, -0.2) is 10.9 Å². The molecule has 0 unspecified atom stereocenters. The Morgan fingerprint density at radius 1 is 1.37 bits per heavy atom. The maximum atomic E-state index is 11.9. The van der Waals surface area contributed by atoms with Gasteiger partial charge in [-0.15, -0.1) is 22.7 Å². The molecule has 3 rings (SSSR count). The van der Waals surface area contributed by atoms with E-state index < -0.39 is 0 Å². The van der Waals surface area contributed by atoms with Crippen molar-refractivity contribution in [1.29, 1.82) is 0 Å². The van der Waals surface area contributed by atoms with E-state index in [-0.39, 0.29) is 5.91 Å². The molecule has 0 radical (unpaired) electrons. The zero-order valence-electron chi connectivity index (χ0n) is 10.3. The van der Waals surface area contributed by atoms with Gasteiger partial charge in [-0.3, -0.25) is 4.79 Å². The third kappa shape index (κ3) is 2.83. The minimum absolute atomic E-state index is 0.00810. The first kappa shape index (κ1) is 12.3. The van der Waals surface area contributed by atoms with Crippen LogP contribution in [0.25, 0.3) is 10.2 Å². The van der Waals surface area contributed by atoms with Crippen LogP contribution in [0.2, 0.25) is 0 Å². The number of aryl methyl sites for hydroxylation is 1. The van der Waals surface area contributed by atoms with Gasteiger partial charge in [-0.2, -0.15) is 0 Å². The summed E-state index contributed by atoms with van der Waals surface area (Å²) < 4.78 is 1.15. The number of aromatic nitrogens is 1. The summed E-state index contributed by atoms with van der Waals surface area (Å²) in [6.07, 6.45) is 0.422. The summed E-state index contributed by atoms with van der Waals surface area (Å²) in [6, 6.07) is 9.77. The standard InChI is InChI=1S/C14H12N2OS2/c1-9-15-12-7-10(4-5-13(12)19-9)16-14(17)8-11-3-2-6-18-11/h2-7H,8H2,1H3,(H,16,17). The first-order chi connectivity index (χ1) is 9.20. The molecule has 0 aliphatic heterocycles. The zero-order chi connectivity index (χ0) is 13.2. The molecule has 0 atom stereocenters. The topological polar surface area (TPSA) is 42.0 Å². The van der Waals surface area contributed by atoms with E-state index in [0.29, 0.717) is 6.42 Å². The predicted octanol–water partition coefficient (Wildman–Crippen LogP) is 3.85. The highest BCUT2D eigenvalue weighted by molar-refractivity contribution is 7.18. The number of carbonyl (C=O) groups is 1. The number of fused-ring (bicyclic) bond motifs is 1.